The highest BCUT2D eigenvalue weighted by Gasteiger charge is 2.33. The molecule has 1 aromatic heterocycles. The summed E-state index contributed by atoms with van der Waals surface area (Å²) in [6.45, 7) is 0.353. The number of carbonyl (C=O) groups excluding carboxylic acids is 2. The van der Waals surface area contributed by atoms with Crippen LogP contribution in [-0.2, 0) is 4.79 Å². The van der Waals surface area contributed by atoms with E-state index in [9.17, 15) is 14.0 Å². The monoisotopic (exact) mass is 445 g/mol. The Kier molecular flexibility index (Phi) is 6.10. The molecule has 0 bridgehead atoms. The van der Waals surface area contributed by atoms with E-state index < -0.39 is 11.1 Å². The summed E-state index contributed by atoms with van der Waals surface area (Å²) in [4.78, 5) is 27.4. The third kappa shape index (κ3) is 4.36. The third-order valence-electron chi connectivity index (χ3n) is 4.72. The molecule has 0 N–H and O–H groups in total. The number of rotatable bonds is 4. The van der Waals surface area contributed by atoms with Crippen LogP contribution in [0.2, 0.25) is 5.02 Å². The van der Waals surface area contributed by atoms with Gasteiger partial charge in [0.05, 0.1) is 10.9 Å². The molecular formula is C20H17ClFN5O2S. The molecule has 0 radical (unpaired) electrons. The first-order valence-electron chi connectivity index (χ1n) is 9.35. The smallest absolute Gasteiger partial charge is 0.260 e. The highest BCUT2D eigenvalue weighted by atomic mass is 35.5. The summed E-state index contributed by atoms with van der Waals surface area (Å²) >= 11 is 7.07. The number of tetrazole rings is 1. The summed E-state index contributed by atoms with van der Waals surface area (Å²) in [5.74, 6) is -1.05. The third-order valence-corrected chi connectivity index (χ3v) is 6.16. The van der Waals surface area contributed by atoms with E-state index in [4.69, 9.17) is 11.6 Å². The van der Waals surface area contributed by atoms with E-state index in [1.807, 2.05) is 0 Å². The molecule has 0 spiro atoms. The number of benzene rings is 2. The minimum atomic E-state index is -0.526. The normalized spacial score (nSPS) is 17.1. The molecule has 10 heteroatoms. The van der Waals surface area contributed by atoms with Crippen molar-refractivity contribution in [1.29, 1.82) is 0 Å². The Bertz CT molecular complexity index is 1080. The predicted octanol–water partition coefficient (Wildman–Crippen LogP) is 3.77. The van der Waals surface area contributed by atoms with Gasteiger partial charge in [0.2, 0.25) is 11.1 Å². The molecule has 0 saturated carbocycles. The molecule has 2 amide bonds. The van der Waals surface area contributed by atoms with Crippen LogP contribution in [0.4, 0.5) is 4.39 Å². The number of imide groups is 1. The lowest BCUT2D eigenvalue weighted by molar-refractivity contribution is -0.127. The van der Waals surface area contributed by atoms with E-state index in [0.29, 0.717) is 34.4 Å². The van der Waals surface area contributed by atoms with Crippen molar-refractivity contribution < 1.29 is 14.0 Å². The lowest BCUT2D eigenvalue weighted by atomic mass is 10.2. The molecule has 7 nitrogen and oxygen atoms in total. The van der Waals surface area contributed by atoms with Crippen LogP contribution in [0, 0.1) is 5.82 Å². The van der Waals surface area contributed by atoms with Gasteiger partial charge in [0.1, 0.15) is 5.82 Å². The summed E-state index contributed by atoms with van der Waals surface area (Å²) in [6.07, 6.45) is 2.09. The molecule has 1 unspecified atom stereocenters. The summed E-state index contributed by atoms with van der Waals surface area (Å²) < 4.78 is 15.0. The zero-order chi connectivity index (χ0) is 21.1. The van der Waals surface area contributed by atoms with Crippen molar-refractivity contribution in [1.82, 2.24) is 25.1 Å². The van der Waals surface area contributed by atoms with Crippen LogP contribution in [0.3, 0.4) is 0 Å². The highest BCUT2D eigenvalue weighted by molar-refractivity contribution is 8.00. The van der Waals surface area contributed by atoms with Gasteiger partial charge in [0, 0.05) is 17.1 Å². The molecule has 1 fully saturated rings. The van der Waals surface area contributed by atoms with Crippen molar-refractivity contribution in [3.05, 3.63) is 64.9 Å². The molecule has 1 atom stereocenters. The molecule has 3 aromatic rings. The van der Waals surface area contributed by atoms with E-state index in [0.717, 1.165) is 12.8 Å². The number of nitrogens with zero attached hydrogens (tertiary/aromatic N) is 5. The SMILES string of the molecule is O=C(c1ccc(Cl)cc1)N1CCCCC(Sc2nnnn2-c2cccc(F)c2)C1=O. The molecule has 2 aromatic carbocycles. The van der Waals surface area contributed by atoms with Crippen LogP contribution in [0.25, 0.3) is 5.69 Å². The molecule has 4 rings (SSSR count). The average Bonchev–Trinajstić information content (AvgIpc) is 3.13. The maximum Gasteiger partial charge on any atom is 0.260 e. The van der Waals surface area contributed by atoms with Crippen LogP contribution in [0.1, 0.15) is 29.6 Å². The number of likely N-dealkylation sites (tertiary alicyclic amines) is 1. The minimum Gasteiger partial charge on any atom is -0.278 e. The second-order valence-electron chi connectivity index (χ2n) is 6.76. The van der Waals surface area contributed by atoms with E-state index in [2.05, 4.69) is 15.5 Å². The Morgan fingerprint density at radius 2 is 1.97 bits per heavy atom. The van der Waals surface area contributed by atoms with Crippen LogP contribution in [0.5, 0.6) is 0 Å². The van der Waals surface area contributed by atoms with Gasteiger partial charge >= 0.3 is 0 Å². The molecule has 0 aliphatic carbocycles. The van der Waals surface area contributed by atoms with Gasteiger partial charge in [-0.1, -0.05) is 35.9 Å². The van der Waals surface area contributed by atoms with Crippen molar-refractivity contribution in [2.24, 2.45) is 0 Å². The standard InChI is InChI=1S/C20H17ClFN5O2S/c21-14-9-7-13(8-10-14)18(28)26-11-2-1-6-17(19(26)29)30-20-23-24-25-27(20)16-5-3-4-15(22)12-16/h3-5,7-10,12,17H,1-2,6,11H2. The first kappa shape index (κ1) is 20.5. The number of halogens is 2. The first-order valence-corrected chi connectivity index (χ1v) is 10.6. The van der Waals surface area contributed by atoms with Gasteiger partial charge in [-0.15, -0.1) is 5.10 Å². The second kappa shape index (κ2) is 8.93. The molecule has 30 heavy (non-hydrogen) atoms. The number of aromatic nitrogens is 4. The zero-order valence-corrected chi connectivity index (χ0v) is 17.3. The quantitative estimate of drug-likeness (QED) is 0.569. The van der Waals surface area contributed by atoms with E-state index >= 15 is 0 Å². The van der Waals surface area contributed by atoms with Gasteiger partial charge in [0.25, 0.3) is 5.91 Å². The van der Waals surface area contributed by atoms with Crippen molar-refractivity contribution in [3.63, 3.8) is 0 Å². The molecule has 1 saturated heterocycles. The van der Waals surface area contributed by atoms with E-state index in [1.54, 1.807) is 36.4 Å². The van der Waals surface area contributed by atoms with Crippen molar-refractivity contribution in [2.45, 2.75) is 29.7 Å². The van der Waals surface area contributed by atoms with E-state index in [-0.39, 0.29) is 11.8 Å². The van der Waals surface area contributed by atoms with Gasteiger partial charge in [-0.2, -0.15) is 4.68 Å². The van der Waals surface area contributed by atoms with Crippen LogP contribution in [0.15, 0.2) is 53.7 Å². The van der Waals surface area contributed by atoms with Gasteiger partial charge in [0.15, 0.2) is 0 Å². The Morgan fingerprint density at radius 3 is 2.73 bits per heavy atom. The van der Waals surface area contributed by atoms with Gasteiger partial charge < -0.3 is 0 Å². The van der Waals surface area contributed by atoms with Crippen LogP contribution in [-0.4, -0.2) is 48.7 Å². The summed E-state index contributed by atoms with van der Waals surface area (Å²) in [7, 11) is 0. The Hall–Kier alpha value is -2.78. The molecule has 1 aliphatic rings. The fraction of sp³-hybridized carbons (Fsp3) is 0.250. The largest absolute Gasteiger partial charge is 0.278 e. The fourth-order valence-electron chi connectivity index (χ4n) is 3.22. The fourth-order valence-corrected chi connectivity index (χ4v) is 4.43. The van der Waals surface area contributed by atoms with Gasteiger partial charge in [-0.25, -0.2) is 4.39 Å². The number of carbonyl (C=O) groups is 2. The topological polar surface area (TPSA) is 81.0 Å². The van der Waals surface area contributed by atoms with Gasteiger partial charge in [-0.3, -0.25) is 14.5 Å². The maximum atomic E-state index is 13.6. The van der Waals surface area contributed by atoms with Crippen LogP contribution < -0.4 is 0 Å². The summed E-state index contributed by atoms with van der Waals surface area (Å²) in [5, 5.41) is 11.9. The lowest BCUT2D eigenvalue weighted by Gasteiger charge is -2.22. The zero-order valence-electron chi connectivity index (χ0n) is 15.7. The first-order chi connectivity index (χ1) is 14.5. The minimum absolute atomic E-state index is 0.286. The van der Waals surface area contributed by atoms with Gasteiger partial charge in [-0.05, 0) is 65.7 Å². The number of hydrogen-bond acceptors (Lipinski definition) is 6. The Morgan fingerprint density at radius 1 is 1.17 bits per heavy atom. The number of hydrogen-bond donors (Lipinski definition) is 0. The molecule has 2 heterocycles. The predicted molar refractivity (Wildman–Crippen MR) is 110 cm³/mol. The Balaban J connectivity index is 1.56. The second-order valence-corrected chi connectivity index (χ2v) is 8.36. The van der Waals surface area contributed by atoms with Crippen molar-refractivity contribution in [2.75, 3.05) is 6.54 Å². The molecule has 154 valence electrons. The molecule has 1 aliphatic heterocycles. The molecular weight excluding hydrogens is 429 g/mol. The van der Waals surface area contributed by atoms with Crippen molar-refractivity contribution in [3.8, 4) is 5.69 Å². The highest BCUT2D eigenvalue weighted by Crippen LogP contribution is 2.30. The maximum absolute atomic E-state index is 13.6. The summed E-state index contributed by atoms with van der Waals surface area (Å²) in [6, 6.07) is 12.3. The number of thioether (sulfide) groups is 1. The average molecular weight is 446 g/mol. The summed E-state index contributed by atoms with van der Waals surface area (Å²) in [5.41, 5.74) is 0.862. The number of amides is 2. The lowest BCUT2D eigenvalue weighted by Crippen LogP contribution is -2.41. The Labute approximate surface area is 181 Å². The van der Waals surface area contributed by atoms with E-state index in [1.165, 1.54) is 33.5 Å². The van der Waals surface area contributed by atoms with Crippen LogP contribution >= 0.6 is 23.4 Å². The van der Waals surface area contributed by atoms with Crippen molar-refractivity contribution >= 4 is 35.2 Å².